The number of anilines is 1. The normalized spacial score (nSPS) is 23.5. The Hall–Kier alpha value is -1.67. The Bertz CT molecular complexity index is 808. The summed E-state index contributed by atoms with van der Waals surface area (Å²) in [4.78, 5) is 24.8. The highest BCUT2D eigenvalue weighted by Crippen LogP contribution is 2.47. The molecule has 1 aliphatic carbocycles. The first kappa shape index (κ1) is 17.2. The molecule has 2 N–H and O–H groups in total. The second-order valence-corrected chi connectivity index (χ2v) is 8.87. The number of hydrogen-bond donors (Lipinski definition) is 2. The largest absolute Gasteiger partial charge is 0.351 e. The first-order valence-electron chi connectivity index (χ1n) is 7.50. The van der Waals surface area contributed by atoms with Gasteiger partial charge in [0.1, 0.15) is 11.2 Å². The fourth-order valence-electron chi connectivity index (χ4n) is 2.74. The number of carbonyl (C=O) groups excluding carboxylic acids is 2. The van der Waals surface area contributed by atoms with Crippen LogP contribution in [-0.2, 0) is 19.4 Å². The number of nitrogens with one attached hydrogen (secondary N) is 2. The lowest BCUT2D eigenvalue weighted by Crippen LogP contribution is -2.45. The third-order valence-electron chi connectivity index (χ3n) is 4.36. The van der Waals surface area contributed by atoms with Crippen molar-refractivity contribution in [1.29, 1.82) is 0 Å². The molecule has 2 amide bonds. The Kier molecular flexibility index (Phi) is 4.29. The Labute approximate surface area is 143 Å². The van der Waals surface area contributed by atoms with E-state index >= 15 is 0 Å². The predicted octanol–water partition coefficient (Wildman–Crippen LogP) is 1.50. The lowest BCUT2D eigenvalue weighted by atomic mass is 10.0. The van der Waals surface area contributed by atoms with Crippen molar-refractivity contribution in [2.24, 2.45) is 5.41 Å². The molecule has 0 aromatic heterocycles. The van der Waals surface area contributed by atoms with Gasteiger partial charge in [-0.2, -0.15) is 0 Å². The van der Waals surface area contributed by atoms with Gasteiger partial charge in [0, 0.05) is 11.7 Å². The topological polar surface area (TPSA) is 92.3 Å². The quantitative estimate of drug-likeness (QED) is 0.781. The average molecular weight is 375 g/mol. The van der Waals surface area contributed by atoms with Gasteiger partial charge in [-0.25, -0.2) is 12.8 Å². The van der Waals surface area contributed by atoms with Gasteiger partial charge in [-0.1, -0.05) is 11.6 Å². The molecule has 1 heterocycles. The van der Waals surface area contributed by atoms with Crippen molar-refractivity contribution in [2.45, 2.75) is 25.3 Å². The van der Waals surface area contributed by atoms with E-state index in [4.69, 9.17) is 11.6 Å². The van der Waals surface area contributed by atoms with Gasteiger partial charge in [0.2, 0.25) is 11.8 Å². The van der Waals surface area contributed by atoms with Gasteiger partial charge in [0.15, 0.2) is 9.84 Å². The van der Waals surface area contributed by atoms with Crippen LogP contribution in [0.5, 0.6) is 0 Å². The van der Waals surface area contributed by atoms with E-state index in [9.17, 15) is 22.4 Å². The van der Waals surface area contributed by atoms with Crippen molar-refractivity contribution in [2.75, 3.05) is 16.8 Å². The Balaban J connectivity index is 1.65. The zero-order valence-electron chi connectivity index (χ0n) is 12.6. The molecule has 1 aromatic rings. The molecule has 0 radical (unpaired) electrons. The summed E-state index contributed by atoms with van der Waals surface area (Å²) >= 11 is 5.67. The second-order valence-electron chi connectivity index (χ2n) is 6.24. The van der Waals surface area contributed by atoms with Crippen LogP contribution in [0, 0.1) is 11.2 Å². The summed E-state index contributed by atoms with van der Waals surface area (Å²) in [5.74, 6) is -1.61. The first-order chi connectivity index (χ1) is 11.2. The molecule has 9 heteroatoms. The standard InChI is InChI=1S/C15H16ClFN2O4S/c16-11-7-9(1-2-12(11)17)18-13(20)15(4-5-15)14(21)19-10-3-6-24(22,23)8-10/h1-2,7,10H,3-6,8H2,(H,18,20)(H,19,21). The van der Waals surface area contributed by atoms with E-state index in [1.54, 1.807) is 0 Å². The maximum absolute atomic E-state index is 13.1. The van der Waals surface area contributed by atoms with E-state index in [0.29, 0.717) is 24.9 Å². The smallest absolute Gasteiger partial charge is 0.240 e. The summed E-state index contributed by atoms with van der Waals surface area (Å²) in [5.41, 5.74) is -0.887. The van der Waals surface area contributed by atoms with Crippen LogP contribution < -0.4 is 10.6 Å². The second kappa shape index (κ2) is 6.00. The molecule has 1 aromatic carbocycles. The third kappa shape index (κ3) is 3.39. The number of rotatable bonds is 4. The lowest BCUT2D eigenvalue weighted by Gasteiger charge is -2.18. The van der Waals surface area contributed by atoms with Crippen LogP contribution in [0.2, 0.25) is 5.02 Å². The maximum Gasteiger partial charge on any atom is 0.240 e. The highest BCUT2D eigenvalue weighted by atomic mass is 35.5. The molecule has 24 heavy (non-hydrogen) atoms. The molecule has 1 aliphatic heterocycles. The van der Waals surface area contributed by atoms with Crippen LogP contribution in [0.15, 0.2) is 18.2 Å². The van der Waals surface area contributed by atoms with Crippen molar-refractivity contribution >= 4 is 38.9 Å². The Morgan fingerprint density at radius 3 is 2.50 bits per heavy atom. The SMILES string of the molecule is O=C(Nc1ccc(F)c(Cl)c1)C1(C(=O)NC2CCS(=O)(=O)C2)CC1. The molecule has 6 nitrogen and oxygen atoms in total. The molecule has 2 fully saturated rings. The summed E-state index contributed by atoms with van der Waals surface area (Å²) in [7, 11) is -3.11. The molecule has 2 aliphatic rings. The fraction of sp³-hybridized carbons (Fsp3) is 0.467. The number of benzene rings is 1. The molecule has 3 rings (SSSR count). The van der Waals surface area contributed by atoms with Crippen LogP contribution in [0.4, 0.5) is 10.1 Å². The molecule has 1 saturated heterocycles. The molecule has 0 spiro atoms. The van der Waals surface area contributed by atoms with Crippen molar-refractivity contribution in [1.82, 2.24) is 5.32 Å². The summed E-state index contributed by atoms with van der Waals surface area (Å²) in [6, 6.07) is 3.30. The predicted molar refractivity (Wildman–Crippen MR) is 86.9 cm³/mol. The summed E-state index contributed by atoms with van der Waals surface area (Å²) in [6.45, 7) is 0. The monoisotopic (exact) mass is 374 g/mol. The summed E-state index contributed by atoms with van der Waals surface area (Å²) in [6.07, 6.45) is 1.14. The van der Waals surface area contributed by atoms with Crippen LogP contribution in [-0.4, -0.2) is 37.8 Å². The number of carbonyl (C=O) groups is 2. The van der Waals surface area contributed by atoms with E-state index < -0.39 is 38.9 Å². The molecule has 0 bridgehead atoms. The van der Waals surface area contributed by atoms with Crippen LogP contribution in [0.1, 0.15) is 19.3 Å². The van der Waals surface area contributed by atoms with E-state index in [1.165, 1.54) is 12.1 Å². The first-order valence-corrected chi connectivity index (χ1v) is 9.70. The van der Waals surface area contributed by atoms with Gasteiger partial charge in [-0.3, -0.25) is 9.59 Å². The van der Waals surface area contributed by atoms with Crippen molar-refractivity contribution in [3.63, 3.8) is 0 Å². The van der Waals surface area contributed by atoms with Crippen LogP contribution in [0.3, 0.4) is 0 Å². The minimum Gasteiger partial charge on any atom is -0.351 e. The molecular formula is C15H16ClFN2O4S. The fourth-order valence-corrected chi connectivity index (χ4v) is 4.59. The number of sulfone groups is 1. The van der Waals surface area contributed by atoms with E-state index in [0.717, 1.165) is 6.07 Å². The van der Waals surface area contributed by atoms with E-state index in [1.807, 2.05) is 0 Å². The summed E-state index contributed by atoms with van der Waals surface area (Å²) < 4.78 is 36.0. The van der Waals surface area contributed by atoms with E-state index in [-0.39, 0.29) is 16.5 Å². The average Bonchev–Trinajstić information content (AvgIpc) is 3.24. The zero-order valence-corrected chi connectivity index (χ0v) is 14.2. The highest BCUT2D eigenvalue weighted by Gasteiger charge is 2.57. The van der Waals surface area contributed by atoms with Gasteiger partial charge >= 0.3 is 0 Å². The molecule has 130 valence electrons. The van der Waals surface area contributed by atoms with Gasteiger partial charge in [-0.15, -0.1) is 0 Å². The Morgan fingerprint density at radius 1 is 1.25 bits per heavy atom. The van der Waals surface area contributed by atoms with Crippen molar-refractivity contribution in [3.8, 4) is 0 Å². The van der Waals surface area contributed by atoms with E-state index in [2.05, 4.69) is 10.6 Å². The number of halogens is 2. The minimum atomic E-state index is -3.11. The van der Waals surface area contributed by atoms with Crippen LogP contribution in [0.25, 0.3) is 0 Å². The zero-order chi connectivity index (χ0) is 17.5. The maximum atomic E-state index is 13.1. The van der Waals surface area contributed by atoms with Crippen LogP contribution >= 0.6 is 11.6 Å². The molecular weight excluding hydrogens is 359 g/mol. The third-order valence-corrected chi connectivity index (χ3v) is 6.42. The van der Waals surface area contributed by atoms with Crippen molar-refractivity contribution in [3.05, 3.63) is 29.0 Å². The van der Waals surface area contributed by atoms with Gasteiger partial charge in [-0.05, 0) is 37.5 Å². The molecule has 1 atom stereocenters. The van der Waals surface area contributed by atoms with Gasteiger partial charge in [0.05, 0.1) is 16.5 Å². The van der Waals surface area contributed by atoms with Gasteiger partial charge < -0.3 is 10.6 Å². The number of amides is 2. The number of hydrogen-bond acceptors (Lipinski definition) is 4. The lowest BCUT2D eigenvalue weighted by molar-refractivity contribution is -0.134. The highest BCUT2D eigenvalue weighted by molar-refractivity contribution is 7.91. The minimum absolute atomic E-state index is 0.0468. The van der Waals surface area contributed by atoms with Crippen molar-refractivity contribution < 1.29 is 22.4 Å². The molecule has 1 unspecified atom stereocenters. The van der Waals surface area contributed by atoms with Gasteiger partial charge in [0.25, 0.3) is 0 Å². The molecule has 1 saturated carbocycles. The summed E-state index contributed by atoms with van der Waals surface area (Å²) in [5, 5.41) is 5.10. The Morgan fingerprint density at radius 2 is 1.96 bits per heavy atom.